The van der Waals surface area contributed by atoms with Crippen molar-refractivity contribution in [2.45, 2.75) is 78.2 Å². The lowest BCUT2D eigenvalue weighted by Gasteiger charge is -2.39. The Labute approximate surface area is 241 Å². The number of aromatic nitrogens is 2. The molecule has 0 saturated carbocycles. The fraction of sp³-hybridized carbons (Fsp3) is 0.531. The molecule has 218 valence electrons. The second kappa shape index (κ2) is 10.7. The minimum Gasteiger partial charge on any atom is -0.444 e. The van der Waals surface area contributed by atoms with Gasteiger partial charge in [-0.15, -0.1) is 0 Å². The van der Waals surface area contributed by atoms with E-state index in [1.807, 2.05) is 54.8 Å². The van der Waals surface area contributed by atoms with Gasteiger partial charge in [-0.3, -0.25) is 0 Å². The number of likely N-dealkylation sites (tertiary alicyclic amines) is 1. The highest BCUT2D eigenvalue weighted by molar-refractivity contribution is 5.85. The fourth-order valence-electron chi connectivity index (χ4n) is 6.44. The number of fused-ring (bicyclic) bond motifs is 2. The molecule has 1 aromatic carbocycles. The van der Waals surface area contributed by atoms with Gasteiger partial charge in [0, 0.05) is 56.1 Å². The molecule has 3 aliphatic rings. The van der Waals surface area contributed by atoms with Crippen molar-refractivity contribution in [3.05, 3.63) is 52.8 Å². The third-order valence-corrected chi connectivity index (χ3v) is 8.47. The third-order valence-electron chi connectivity index (χ3n) is 8.47. The third kappa shape index (κ3) is 5.52. The molecule has 0 radical (unpaired) electrons. The first kappa shape index (κ1) is 27.6. The Morgan fingerprint density at radius 2 is 1.93 bits per heavy atom. The van der Waals surface area contributed by atoms with Crippen molar-refractivity contribution < 1.29 is 19.1 Å². The number of hydrogen-bond donors (Lipinski definition) is 1. The number of carbonyl (C=O) groups excluding carboxylic acids is 2. The number of nitrogens with one attached hydrogen (secondary N) is 1. The van der Waals surface area contributed by atoms with Crippen molar-refractivity contribution >= 4 is 23.2 Å². The molecule has 5 heterocycles. The Bertz CT molecular complexity index is 1470. The molecule has 3 aromatic rings. The molecule has 2 fully saturated rings. The normalized spacial score (nSPS) is 21.3. The Balaban J connectivity index is 1.39. The lowest BCUT2D eigenvalue weighted by atomic mass is 9.87. The van der Waals surface area contributed by atoms with E-state index < -0.39 is 5.60 Å². The molecule has 0 aliphatic carbocycles. The molecule has 6 rings (SSSR count). The van der Waals surface area contributed by atoms with Gasteiger partial charge in [0.25, 0.3) is 0 Å². The SMILES string of the molecule is Cc1c[nH]c2ncc(-c3cc4c(c([C@@H]5CCCN5C(=O)OC(C)(C)C)c3)CN(C(=O)N3CCO[C@H](C)C3)CC4)cc12. The molecule has 3 aliphatic heterocycles. The van der Waals surface area contributed by atoms with Crippen LogP contribution in [0.3, 0.4) is 0 Å². The van der Waals surface area contributed by atoms with Gasteiger partial charge in [0.2, 0.25) is 0 Å². The average molecular weight is 560 g/mol. The van der Waals surface area contributed by atoms with Gasteiger partial charge < -0.3 is 29.2 Å². The summed E-state index contributed by atoms with van der Waals surface area (Å²) < 4.78 is 11.5. The standard InChI is InChI=1S/C32H41N5O4/c1-20-16-33-29-25(20)15-24(17-34-29)23-13-22-8-10-35(30(38)36-11-12-40-21(2)18-36)19-27(22)26(14-23)28-7-6-9-37(28)31(39)41-32(3,4)5/h13-17,21,28H,6-12,18-19H2,1-5H3,(H,33,34)/t21-,28+/m1/s1. The first-order valence-corrected chi connectivity index (χ1v) is 14.8. The number of rotatable bonds is 2. The zero-order chi connectivity index (χ0) is 28.9. The summed E-state index contributed by atoms with van der Waals surface area (Å²) in [6, 6.07) is 6.63. The van der Waals surface area contributed by atoms with Crippen molar-refractivity contribution in [3.8, 4) is 11.1 Å². The number of ether oxygens (including phenoxy) is 2. The molecule has 1 N–H and O–H groups in total. The van der Waals surface area contributed by atoms with Crippen LogP contribution in [-0.2, 0) is 22.4 Å². The summed E-state index contributed by atoms with van der Waals surface area (Å²) in [5, 5.41) is 1.11. The maximum Gasteiger partial charge on any atom is 0.410 e. The van der Waals surface area contributed by atoms with Crippen LogP contribution in [0, 0.1) is 6.92 Å². The summed E-state index contributed by atoms with van der Waals surface area (Å²) in [4.78, 5) is 40.6. The molecule has 9 heteroatoms. The molecule has 9 nitrogen and oxygen atoms in total. The van der Waals surface area contributed by atoms with Crippen molar-refractivity contribution in [1.29, 1.82) is 0 Å². The predicted molar refractivity (Wildman–Crippen MR) is 158 cm³/mol. The molecule has 2 atom stereocenters. The van der Waals surface area contributed by atoms with Crippen LogP contribution in [-0.4, -0.2) is 81.3 Å². The van der Waals surface area contributed by atoms with Crippen LogP contribution in [0.15, 0.2) is 30.6 Å². The highest BCUT2D eigenvalue weighted by Gasteiger charge is 2.37. The van der Waals surface area contributed by atoms with Crippen molar-refractivity contribution in [1.82, 2.24) is 24.7 Å². The maximum atomic E-state index is 13.6. The number of H-pyrrole nitrogens is 1. The van der Waals surface area contributed by atoms with Gasteiger partial charge in [0.15, 0.2) is 0 Å². The molecule has 3 amide bonds. The summed E-state index contributed by atoms with van der Waals surface area (Å²) in [5.74, 6) is 0. The first-order valence-electron chi connectivity index (χ1n) is 14.8. The number of hydrogen-bond acceptors (Lipinski definition) is 5. The molecule has 0 bridgehead atoms. The molecular weight excluding hydrogens is 518 g/mol. The van der Waals surface area contributed by atoms with Crippen LogP contribution in [0.5, 0.6) is 0 Å². The maximum absolute atomic E-state index is 13.6. The van der Waals surface area contributed by atoms with E-state index in [4.69, 9.17) is 9.47 Å². The van der Waals surface area contributed by atoms with Crippen LogP contribution in [0.2, 0.25) is 0 Å². The number of morpholine rings is 1. The number of pyridine rings is 1. The van der Waals surface area contributed by atoms with E-state index >= 15 is 0 Å². The minimum atomic E-state index is -0.570. The van der Waals surface area contributed by atoms with Crippen molar-refractivity contribution in [2.75, 3.05) is 32.8 Å². The Morgan fingerprint density at radius 3 is 2.71 bits per heavy atom. The van der Waals surface area contributed by atoms with Crippen LogP contribution in [0.1, 0.15) is 68.8 Å². The van der Waals surface area contributed by atoms with E-state index in [9.17, 15) is 9.59 Å². The topological polar surface area (TPSA) is 91.0 Å². The van der Waals surface area contributed by atoms with Gasteiger partial charge in [-0.05, 0) is 93.8 Å². The van der Waals surface area contributed by atoms with Gasteiger partial charge in [-0.1, -0.05) is 6.07 Å². The molecule has 0 spiro atoms. The molecule has 2 saturated heterocycles. The van der Waals surface area contributed by atoms with Crippen molar-refractivity contribution in [2.24, 2.45) is 0 Å². The number of benzene rings is 1. The molecule has 2 aromatic heterocycles. The summed E-state index contributed by atoms with van der Waals surface area (Å²) in [5.41, 5.74) is 7.10. The van der Waals surface area contributed by atoms with E-state index in [0.717, 1.165) is 58.1 Å². The second-order valence-electron chi connectivity index (χ2n) is 12.7. The van der Waals surface area contributed by atoms with Gasteiger partial charge in [0.05, 0.1) is 18.8 Å². The predicted octanol–water partition coefficient (Wildman–Crippen LogP) is 5.81. The summed E-state index contributed by atoms with van der Waals surface area (Å²) in [6.07, 6.45) is 6.19. The summed E-state index contributed by atoms with van der Waals surface area (Å²) in [6.45, 7) is 13.4. The molecular formula is C32H41N5O4. The van der Waals surface area contributed by atoms with Gasteiger partial charge in [-0.25, -0.2) is 14.6 Å². The number of urea groups is 1. The van der Waals surface area contributed by atoms with Crippen LogP contribution < -0.4 is 0 Å². The Morgan fingerprint density at radius 1 is 1.10 bits per heavy atom. The second-order valence-corrected chi connectivity index (χ2v) is 12.7. The number of aryl methyl sites for hydroxylation is 1. The smallest absolute Gasteiger partial charge is 0.410 e. The van der Waals surface area contributed by atoms with Gasteiger partial charge >= 0.3 is 12.1 Å². The largest absolute Gasteiger partial charge is 0.444 e. The number of carbonyl (C=O) groups is 2. The number of amides is 3. The van der Waals surface area contributed by atoms with E-state index in [1.54, 1.807) is 0 Å². The quantitative estimate of drug-likeness (QED) is 0.428. The summed E-state index contributed by atoms with van der Waals surface area (Å²) >= 11 is 0. The van der Waals surface area contributed by atoms with Crippen LogP contribution in [0.4, 0.5) is 9.59 Å². The lowest BCUT2D eigenvalue weighted by molar-refractivity contribution is -0.00976. The Hall–Kier alpha value is -3.59. The Kier molecular flexibility index (Phi) is 7.18. The monoisotopic (exact) mass is 559 g/mol. The average Bonchev–Trinajstić information content (AvgIpc) is 3.58. The fourth-order valence-corrected chi connectivity index (χ4v) is 6.44. The van der Waals surface area contributed by atoms with E-state index in [1.165, 1.54) is 5.56 Å². The number of nitrogens with zero attached hydrogens (tertiary/aromatic N) is 4. The first-order chi connectivity index (χ1) is 19.6. The highest BCUT2D eigenvalue weighted by Crippen LogP contribution is 2.40. The zero-order valence-electron chi connectivity index (χ0n) is 24.8. The lowest BCUT2D eigenvalue weighted by Crippen LogP contribution is -2.51. The summed E-state index contributed by atoms with van der Waals surface area (Å²) in [7, 11) is 0. The van der Waals surface area contributed by atoms with E-state index in [0.29, 0.717) is 39.3 Å². The zero-order valence-corrected chi connectivity index (χ0v) is 24.8. The molecule has 0 unspecified atom stereocenters. The van der Waals surface area contributed by atoms with Crippen LogP contribution >= 0.6 is 0 Å². The number of aromatic amines is 1. The van der Waals surface area contributed by atoms with Gasteiger partial charge in [-0.2, -0.15) is 0 Å². The van der Waals surface area contributed by atoms with E-state index in [-0.39, 0.29) is 24.3 Å². The highest BCUT2D eigenvalue weighted by atomic mass is 16.6. The van der Waals surface area contributed by atoms with Crippen LogP contribution in [0.25, 0.3) is 22.2 Å². The minimum absolute atomic E-state index is 0.0402. The molecule has 41 heavy (non-hydrogen) atoms. The van der Waals surface area contributed by atoms with Gasteiger partial charge in [0.1, 0.15) is 11.2 Å². The van der Waals surface area contributed by atoms with E-state index in [2.05, 4.69) is 35.1 Å². The van der Waals surface area contributed by atoms with Crippen molar-refractivity contribution in [3.63, 3.8) is 0 Å².